The van der Waals surface area contributed by atoms with E-state index >= 15 is 0 Å². The van der Waals surface area contributed by atoms with Crippen molar-refractivity contribution < 1.29 is 4.79 Å². The number of anilines is 1. The number of benzene rings is 1. The number of halogens is 1. The predicted molar refractivity (Wildman–Crippen MR) is 86.6 cm³/mol. The zero-order valence-electron chi connectivity index (χ0n) is 11.0. The molecule has 0 saturated carbocycles. The van der Waals surface area contributed by atoms with E-state index < -0.39 is 0 Å². The minimum Gasteiger partial charge on any atom is -0.301 e. The molecule has 0 unspecified atom stereocenters. The average Bonchev–Trinajstić information content (AvgIpc) is 2.95. The molecule has 1 N–H and O–H groups in total. The first-order valence-electron chi connectivity index (χ1n) is 6.70. The molecule has 0 fully saturated rings. The van der Waals surface area contributed by atoms with E-state index in [1.165, 1.54) is 48.1 Å². The fourth-order valence-electron chi connectivity index (χ4n) is 2.51. The predicted octanol–water partition coefficient (Wildman–Crippen LogP) is 4.02. The van der Waals surface area contributed by atoms with Gasteiger partial charge in [0.2, 0.25) is 5.91 Å². The van der Waals surface area contributed by atoms with Crippen molar-refractivity contribution in [3.05, 3.63) is 34.7 Å². The Morgan fingerprint density at radius 1 is 1.30 bits per heavy atom. The molecule has 0 atom stereocenters. The smallest absolute Gasteiger partial charge is 0.236 e. The molecular weight excluding hydrogens is 336 g/mol. The number of thiazole rings is 1. The number of amides is 1. The van der Waals surface area contributed by atoms with Crippen molar-refractivity contribution in [1.29, 1.82) is 0 Å². The van der Waals surface area contributed by atoms with Crippen LogP contribution < -0.4 is 5.32 Å². The van der Waals surface area contributed by atoms with Crippen LogP contribution in [0, 0.1) is 0 Å². The summed E-state index contributed by atoms with van der Waals surface area (Å²) in [6.45, 7) is 0. The molecule has 20 heavy (non-hydrogen) atoms. The number of aryl methyl sites for hydroxylation is 2. The highest BCUT2D eigenvalue weighted by molar-refractivity contribution is 9.09. The van der Waals surface area contributed by atoms with Gasteiger partial charge in [0, 0.05) is 10.9 Å². The SMILES string of the molecule is O=C(CBr)Nc1nc(-c2ccc3c(c2)CCCC3)cs1. The van der Waals surface area contributed by atoms with E-state index in [9.17, 15) is 4.79 Å². The number of alkyl halides is 1. The summed E-state index contributed by atoms with van der Waals surface area (Å²) in [5.41, 5.74) is 5.00. The topological polar surface area (TPSA) is 42.0 Å². The molecule has 1 aromatic carbocycles. The molecule has 0 bridgehead atoms. The van der Waals surface area contributed by atoms with E-state index in [1.54, 1.807) is 0 Å². The van der Waals surface area contributed by atoms with E-state index in [4.69, 9.17) is 0 Å². The first-order valence-corrected chi connectivity index (χ1v) is 8.70. The Hall–Kier alpha value is -1.20. The molecule has 3 nitrogen and oxygen atoms in total. The maximum atomic E-state index is 11.3. The average molecular weight is 351 g/mol. The van der Waals surface area contributed by atoms with Gasteiger partial charge in [0.15, 0.2) is 5.13 Å². The van der Waals surface area contributed by atoms with Crippen LogP contribution in [-0.4, -0.2) is 16.2 Å². The van der Waals surface area contributed by atoms with E-state index in [2.05, 4.69) is 44.4 Å². The second kappa shape index (κ2) is 6.06. The second-order valence-electron chi connectivity index (χ2n) is 4.91. The van der Waals surface area contributed by atoms with Crippen LogP contribution in [0.25, 0.3) is 11.3 Å². The van der Waals surface area contributed by atoms with Crippen molar-refractivity contribution in [2.24, 2.45) is 0 Å². The van der Waals surface area contributed by atoms with Crippen LogP contribution in [-0.2, 0) is 17.6 Å². The lowest BCUT2D eigenvalue weighted by molar-refractivity contribution is -0.113. The first kappa shape index (κ1) is 13.8. The van der Waals surface area contributed by atoms with Crippen LogP contribution in [0.15, 0.2) is 23.6 Å². The van der Waals surface area contributed by atoms with Crippen molar-refractivity contribution in [3.63, 3.8) is 0 Å². The lowest BCUT2D eigenvalue weighted by atomic mass is 9.90. The summed E-state index contributed by atoms with van der Waals surface area (Å²) in [7, 11) is 0. The van der Waals surface area contributed by atoms with Gasteiger partial charge < -0.3 is 5.32 Å². The number of carbonyl (C=O) groups excluding carboxylic acids is 1. The highest BCUT2D eigenvalue weighted by Crippen LogP contribution is 2.29. The van der Waals surface area contributed by atoms with Crippen LogP contribution >= 0.6 is 27.3 Å². The summed E-state index contributed by atoms with van der Waals surface area (Å²) in [5.74, 6) is -0.0728. The largest absolute Gasteiger partial charge is 0.301 e. The number of nitrogens with one attached hydrogen (secondary N) is 1. The molecule has 1 aromatic heterocycles. The molecule has 1 heterocycles. The third-order valence-electron chi connectivity index (χ3n) is 3.52. The van der Waals surface area contributed by atoms with Crippen molar-refractivity contribution in [2.75, 3.05) is 10.6 Å². The van der Waals surface area contributed by atoms with Crippen LogP contribution in [0.3, 0.4) is 0 Å². The van der Waals surface area contributed by atoms with Crippen molar-refractivity contribution in [2.45, 2.75) is 25.7 Å². The lowest BCUT2D eigenvalue weighted by Crippen LogP contribution is -2.11. The van der Waals surface area contributed by atoms with Gasteiger partial charge in [-0.15, -0.1) is 11.3 Å². The third-order valence-corrected chi connectivity index (χ3v) is 4.78. The minimum atomic E-state index is -0.0728. The second-order valence-corrected chi connectivity index (χ2v) is 6.33. The molecule has 0 radical (unpaired) electrons. The standard InChI is InChI=1S/C15H15BrN2OS/c16-8-14(19)18-15-17-13(9-20-15)12-6-5-10-3-1-2-4-11(10)7-12/h5-7,9H,1-4,8H2,(H,17,18,19). The van der Waals surface area contributed by atoms with Gasteiger partial charge in [-0.2, -0.15) is 0 Å². The van der Waals surface area contributed by atoms with Gasteiger partial charge in [-0.25, -0.2) is 4.98 Å². The first-order chi connectivity index (χ1) is 9.76. The maximum absolute atomic E-state index is 11.3. The molecule has 0 aliphatic heterocycles. The molecule has 104 valence electrons. The van der Waals surface area contributed by atoms with Crippen LogP contribution in [0.1, 0.15) is 24.0 Å². The Bertz CT molecular complexity index is 639. The number of hydrogen-bond acceptors (Lipinski definition) is 3. The maximum Gasteiger partial charge on any atom is 0.236 e. The number of nitrogens with zero attached hydrogens (tertiary/aromatic N) is 1. The summed E-state index contributed by atoms with van der Waals surface area (Å²) in [4.78, 5) is 15.8. The van der Waals surface area contributed by atoms with Gasteiger partial charge in [0.05, 0.1) is 11.0 Å². The monoisotopic (exact) mass is 350 g/mol. The Labute approximate surface area is 130 Å². The molecule has 3 rings (SSSR count). The van der Waals surface area contributed by atoms with Gasteiger partial charge in [0.25, 0.3) is 0 Å². The number of aromatic nitrogens is 1. The van der Waals surface area contributed by atoms with Crippen LogP contribution in [0.2, 0.25) is 0 Å². The summed E-state index contributed by atoms with van der Waals surface area (Å²) < 4.78 is 0. The zero-order chi connectivity index (χ0) is 13.9. The summed E-state index contributed by atoms with van der Waals surface area (Å²) in [6.07, 6.45) is 4.94. The Morgan fingerprint density at radius 2 is 2.10 bits per heavy atom. The molecule has 5 heteroatoms. The Balaban J connectivity index is 1.84. The van der Waals surface area contributed by atoms with Gasteiger partial charge in [-0.05, 0) is 42.9 Å². The lowest BCUT2D eigenvalue weighted by Gasteiger charge is -2.16. The van der Waals surface area contributed by atoms with E-state index in [0.717, 1.165) is 11.3 Å². The molecule has 2 aromatic rings. The zero-order valence-corrected chi connectivity index (χ0v) is 13.4. The van der Waals surface area contributed by atoms with Gasteiger partial charge in [-0.3, -0.25) is 4.79 Å². The van der Waals surface area contributed by atoms with Gasteiger partial charge in [0.1, 0.15) is 0 Å². The number of rotatable bonds is 3. The van der Waals surface area contributed by atoms with Crippen molar-refractivity contribution in [3.8, 4) is 11.3 Å². The third kappa shape index (κ3) is 2.94. The van der Waals surface area contributed by atoms with E-state index in [0.29, 0.717) is 10.5 Å². The van der Waals surface area contributed by atoms with E-state index in [-0.39, 0.29) is 5.91 Å². The quantitative estimate of drug-likeness (QED) is 0.849. The highest BCUT2D eigenvalue weighted by Gasteiger charge is 2.12. The van der Waals surface area contributed by atoms with Crippen molar-refractivity contribution in [1.82, 2.24) is 4.98 Å². The fraction of sp³-hybridized carbons (Fsp3) is 0.333. The molecule has 1 aliphatic rings. The van der Waals surface area contributed by atoms with Crippen LogP contribution in [0.4, 0.5) is 5.13 Å². The molecule has 1 aliphatic carbocycles. The summed E-state index contributed by atoms with van der Waals surface area (Å²) in [6, 6.07) is 6.61. The van der Waals surface area contributed by atoms with Crippen LogP contribution in [0.5, 0.6) is 0 Å². The molecule has 1 amide bonds. The number of carbonyl (C=O) groups is 1. The normalized spacial score (nSPS) is 13.8. The Morgan fingerprint density at radius 3 is 2.90 bits per heavy atom. The van der Waals surface area contributed by atoms with Gasteiger partial charge in [-0.1, -0.05) is 28.1 Å². The summed E-state index contributed by atoms with van der Waals surface area (Å²) >= 11 is 4.59. The number of hydrogen-bond donors (Lipinski definition) is 1. The summed E-state index contributed by atoms with van der Waals surface area (Å²) in [5, 5.41) is 5.71. The van der Waals surface area contributed by atoms with Crippen molar-refractivity contribution >= 4 is 38.3 Å². The molecule has 0 spiro atoms. The number of fused-ring (bicyclic) bond motifs is 1. The molecule has 0 saturated heterocycles. The minimum absolute atomic E-state index is 0.0728. The molecular formula is C15H15BrN2OS. The van der Waals surface area contributed by atoms with E-state index in [1.807, 2.05) is 5.38 Å². The fourth-order valence-corrected chi connectivity index (χ4v) is 3.39. The van der Waals surface area contributed by atoms with Gasteiger partial charge >= 0.3 is 0 Å². The highest BCUT2D eigenvalue weighted by atomic mass is 79.9. The Kier molecular flexibility index (Phi) is 4.17.